The number of nitrogen functional groups attached to an aromatic ring is 1. The molecule has 4 rings (SSSR count). The first-order chi connectivity index (χ1) is 15.6. The van der Waals surface area contributed by atoms with Crippen LogP contribution in [0.25, 0.3) is 22.9 Å². The van der Waals surface area contributed by atoms with Crippen molar-refractivity contribution in [1.82, 2.24) is 15.2 Å². The Morgan fingerprint density at radius 2 is 1.88 bits per heavy atom. The second-order valence-electron chi connectivity index (χ2n) is 8.26. The average molecular weight is 449 g/mol. The largest absolute Gasteiger partial charge is 0.383 e. The Balaban J connectivity index is 1.35. The molecule has 32 heavy (non-hydrogen) atoms. The van der Waals surface area contributed by atoms with Crippen LogP contribution in [-0.4, -0.2) is 42.0 Å². The molecule has 1 aromatic heterocycles. The third-order valence-corrected chi connectivity index (χ3v) is 6.16. The van der Waals surface area contributed by atoms with Crippen molar-refractivity contribution in [3.63, 3.8) is 0 Å². The highest BCUT2D eigenvalue weighted by Gasteiger charge is 2.10. The van der Waals surface area contributed by atoms with E-state index in [4.69, 9.17) is 17.3 Å². The Hall–Kier alpha value is -2.89. The molecule has 1 aliphatic heterocycles. The van der Waals surface area contributed by atoms with E-state index in [9.17, 15) is 4.79 Å². The number of nitrogens with one attached hydrogen (secondary N) is 1. The molecule has 2 heterocycles. The number of hydrogen-bond acceptors (Lipinski definition) is 4. The number of benzene rings is 2. The van der Waals surface area contributed by atoms with Crippen LogP contribution < -0.4 is 11.1 Å². The summed E-state index contributed by atoms with van der Waals surface area (Å²) in [5.74, 6) is 0.424. The van der Waals surface area contributed by atoms with Crippen molar-refractivity contribution >= 4 is 46.3 Å². The van der Waals surface area contributed by atoms with Crippen LogP contribution in [0.1, 0.15) is 47.2 Å². The number of carbonyl (C=O) groups excluding carboxylic acids is 1. The highest BCUT2D eigenvalue weighted by molar-refractivity contribution is 6.31. The molecule has 5 nitrogen and oxygen atoms in total. The average Bonchev–Trinajstić information content (AvgIpc) is 2.82. The first kappa shape index (κ1) is 22.3. The maximum atomic E-state index is 12.4. The van der Waals surface area contributed by atoms with E-state index in [1.54, 1.807) is 6.20 Å². The lowest BCUT2D eigenvalue weighted by molar-refractivity contribution is 0.0951. The fourth-order valence-electron chi connectivity index (χ4n) is 4.11. The van der Waals surface area contributed by atoms with Gasteiger partial charge >= 0.3 is 0 Å². The third kappa shape index (κ3) is 5.67. The third-order valence-electron chi connectivity index (χ3n) is 5.92. The number of pyridine rings is 1. The molecule has 166 valence electrons. The van der Waals surface area contributed by atoms with Crippen LogP contribution in [0.15, 0.2) is 48.7 Å². The zero-order valence-electron chi connectivity index (χ0n) is 18.2. The molecule has 3 aromatic rings. The number of piperidine rings is 1. The van der Waals surface area contributed by atoms with Gasteiger partial charge in [-0.25, -0.2) is 4.98 Å². The number of rotatable bonds is 7. The van der Waals surface area contributed by atoms with Gasteiger partial charge in [-0.05, 0) is 74.1 Å². The van der Waals surface area contributed by atoms with Crippen LogP contribution in [0, 0.1) is 0 Å². The summed E-state index contributed by atoms with van der Waals surface area (Å²) in [4.78, 5) is 19.2. The highest BCUT2D eigenvalue weighted by Crippen LogP contribution is 2.27. The number of halogens is 1. The fourth-order valence-corrected chi connectivity index (χ4v) is 4.28. The number of nitrogens with two attached hydrogens (primary N) is 1. The van der Waals surface area contributed by atoms with E-state index >= 15 is 0 Å². The Morgan fingerprint density at radius 1 is 1.09 bits per heavy atom. The number of hydrogen-bond donors (Lipinski definition) is 2. The summed E-state index contributed by atoms with van der Waals surface area (Å²) in [6, 6.07) is 13.2. The molecule has 0 atom stereocenters. The van der Waals surface area contributed by atoms with E-state index in [0.717, 1.165) is 34.9 Å². The number of aromatic nitrogens is 1. The van der Waals surface area contributed by atoms with Crippen LogP contribution in [0.4, 0.5) is 5.82 Å². The Bertz CT molecular complexity index is 1100. The fraction of sp³-hybridized carbons (Fsp3) is 0.308. The van der Waals surface area contributed by atoms with Crippen molar-refractivity contribution in [3.05, 3.63) is 70.4 Å². The van der Waals surface area contributed by atoms with Crippen molar-refractivity contribution in [1.29, 1.82) is 0 Å². The van der Waals surface area contributed by atoms with Crippen molar-refractivity contribution in [2.75, 3.05) is 31.9 Å². The maximum absolute atomic E-state index is 12.4. The van der Waals surface area contributed by atoms with Gasteiger partial charge < -0.3 is 16.0 Å². The quantitative estimate of drug-likeness (QED) is 0.484. The summed E-state index contributed by atoms with van der Waals surface area (Å²) in [6.07, 6.45) is 10.6. The molecule has 1 aliphatic rings. The molecule has 3 N–H and O–H groups in total. The SMILES string of the molecule is Nc1ncc2ccc(Cl)cc2c1/C=C/c1ccc(C(=O)NCCCN2CCCCC2)cc1. The van der Waals surface area contributed by atoms with Crippen molar-refractivity contribution in [2.45, 2.75) is 25.7 Å². The first-order valence-electron chi connectivity index (χ1n) is 11.2. The zero-order valence-corrected chi connectivity index (χ0v) is 18.9. The van der Waals surface area contributed by atoms with Gasteiger partial charge in [-0.3, -0.25) is 4.79 Å². The minimum atomic E-state index is -0.0312. The Morgan fingerprint density at radius 3 is 2.66 bits per heavy atom. The van der Waals surface area contributed by atoms with E-state index in [1.807, 2.05) is 54.6 Å². The van der Waals surface area contributed by atoms with Crippen LogP contribution in [0.3, 0.4) is 0 Å². The smallest absolute Gasteiger partial charge is 0.251 e. The normalized spacial score (nSPS) is 14.8. The lowest BCUT2D eigenvalue weighted by atomic mass is 10.0. The minimum Gasteiger partial charge on any atom is -0.383 e. The molecule has 0 bridgehead atoms. The van der Waals surface area contributed by atoms with Gasteiger partial charge in [-0.2, -0.15) is 0 Å². The summed E-state index contributed by atoms with van der Waals surface area (Å²) in [7, 11) is 0. The van der Waals surface area contributed by atoms with Crippen LogP contribution in [0.2, 0.25) is 5.02 Å². The molecule has 1 fully saturated rings. The molecule has 0 spiro atoms. The summed E-state index contributed by atoms with van der Waals surface area (Å²) in [5.41, 5.74) is 8.58. The molecule has 6 heteroatoms. The molecule has 0 unspecified atom stereocenters. The van der Waals surface area contributed by atoms with Gasteiger partial charge in [-0.1, -0.05) is 48.4 Å². The van der Waals surface area contributed by atoms with E-state index in [2.05, 4.69) is 15.2 Å². The summed E-state index contributed by atoms with van der Waals surface area (Å²) < 4.78 is 0. The number of amides is 1. The van der Waals surface area contributed by atoms with Crippen LogP contribution in [-0.2, 0) is 0 Å². The molecular weight excluding hydrogens is 420 g/mol. The number of anilines is 1. The van der Waals surface area contributed by atoms with E-state index < -0.39 is 0 Å². The van der Waals surface area contributed by atoms with E-state index in [1.165, 1.54) is 32.4 Å². The Kier molecular flexibility index (Phi) is 7.40. The lowest BCUT2D eigenvalue weighted by Crippen LogP contribution is -2.33. The molecular formula is C26H29ClN4O. The topological polar surface area (TPSA) is 71.2 Å². The van der Waals surface area contributed by atoms with Crippen LogP contribution in [0.5, 0.6) is 0 Å². The van der Waals surface area contributed by atoms with Gasteiger partial charge in [0.1, 0.15) is 5.82 Å². The van der Waals surface area contributed by atoms with Crippen molar-refractivity contribution in [2.24, 2.45) is 0 Å². The minimum absolute atomic E-state index is 0.0312. The molecule has 2 aromatic carbocycles. The molecule has 0 saturated carbocycles. The second-order valence-corrected chi connectivity index (χ2v) is 8.69. The summed E-state index contributed by atoms with van der Waals surface area (Å²) in [5, 5.41) is 5.63. The van der Waals surface area contributed by atoms with Gasteiger partial charge in [-0.15, -0.1) is 0 Å². The standard InChI is InChI=1S/C26H29ClN4O/c27-22-11-10-21-18-30-25(28)23(24(21)17-22)12-7-19-5-8-20(9-6-19)26(32)29-13-4-16-31-14-2-1-3-15-31/h5-12,17-18H,1-4,13-16H2,(H2,28,30)(H,29,32)/b12-7+. The van der Waals surface area contributed by atoms with Crippen molar-refractivity contribution in [3.8, 4) is 0 Å². The predicted octanol–water partition coefficient (Wildman–Crippen LogP) is 5.25. The van der Waals surface area contributed by atoms with Crippen molar-refractivity contribution < 1.29 is 4.79 Å². The first-order valence-corrected chi connectivity index (χ1v) is 11.6. The van der Waals surface area contributed by atoms with Gasteiger partial charge in [0.15, 0.2) is 0 Å². The number of likely N-dealkylation sites (tertiary alicyclic amines) is 1. The molecule has 1 amide bonds. The zero-order chi connectivity index (χ0) is 22.3. The number of carbonyl (C=O) groups is 1. The predicted molar refractivity (Wildman–Crippen MR) is 134 cm³/mol. The number of fused-ring (bicyclic) bond motifs is 1. The monoisotopic (exact) mass is 448 g/mol. The number of nitrogens with zero attached hydrogens (tertiary/aromatic N) is 2. The van der Waals surface area contributed by atoms with Gasteiger partial charge in [0.2, 0.25) is 0 Å². The lowest BCUT2D eigenvalue weighted by Gasteiger charge is -2.26. The van der Waals surface area contributed by atoms with Gasteiger partial charge in [0, 0.05) is 34.3 Å². The van der Waals surface area contributed by atoms with Crippen LogP contribution >= 0.6 is 11.6 Å². The summed E-state index contributed by atoms with van der Waals surface area (Å²) in [6.45, 7) is 4.14. The van der Waals surface area contributed by atoms with Gasteiger partial charge in [0.05, 0.1) is 0 Å². The molecule has 0 aliphatic carbocycles. The molecule has 0 radical (unpaired) electrons. The maximum Gasteiger partial charge on any atom is 0.251 e. The Labute approximate surface area is 194 Å². The molecule has 1 saturated heterocycles. The summed E-state index contributed by atoms with van der Waals surface area (Å²) >= 11 is 6.17. The van der Waals surface area contributed by atoms with Gasteiger partial charge in [0.25, 0.3) is 5.91 Å². The van der Waals surface area contributed by atoms with E-state index in [0.29, 0.717) is 22.9 Å². The van der Waals surface area contributed by atoms with E-state index in [-0.39, 0.29) is 5.91 Å². The second kappa shape index (κ2) is 10.6. The highest BCUT2D eigenvalue weighted by atomic mass is 35.5.